The zero-order chi connectivity index (χ0) is 14.5. The second kappa shape index (κ2) is 6.76. The summed E-state index contributed by atoms with van der Waals surface area (Å²) in [7, 11) is 0. The molecule has 0 amide bonds. The van der Waals surface area contributed by atoms with Gasteiger partial charge in [0, 0.05) is 11.9 Å². The maximum atomic E-state index is 12.3. The number of aromatic nitrogens is 1. The number of hydrogen-bond acceptors (Lipinski definition) is 4. The van der Waals surface area contributed by atoms with Crippen LogP contribution in [0.1, 0.15) is 12.5 Å². The molecule has 2 N–H and O–H groups in total. The largest absolute Gasteiger partial charge is 0.480 e. The van der Waals surface area contributed by atoms with Crippen molar-refractivity contribution >= 4 is 17.7 Å². The van der Waals surface area contributed by atoms with Crippen LogP contribution < -0.4 is 5.32 Å². The van der Waals surface area contributed by atoms with Gasteiger partial charge in [-0.15, -0.1) is 11.8 Å². The second-order valence-electron chi connectivity index (χ2n) is 3.64. The van der Waals surface area contributed by atoms with Crippen molar-refractivity contribution in [2.45, 2.75) is 24.2 Å². The molecule has 4 nitrogen and oxygen atoms in total. The average Bonchev–Trinajstić information content (AvgIpc) is 2.33. The summed E-state index contributed by atoms with van der Waals surface area (Å²) in [5.41, 5.74) is -0.821. The zero-order valence-corrected chi connectivity index (χ0v) is 10.9. The summed E-state index contributed by atoms with van der Waals surface area (Å²) in [6.45, 7) is 2.27. The van der Waals surface area contributed by atoms with Gasteiger partial charge in [-0.1, -0.05) is 6.92 Å². The second-order valence-corrected chi connectivity index (χ2v) is 4.68. The summed E-state index contributed by atoms with van der Waals surface area (Å²) in [6, 6.07) is 1.41. The Morgan fingerprint density at radius 2 is 2.21 bits per heavy atom. The Hall–Kier alpha value is -1.28. The lowest BCUT2D eigenvalue weighted by Gasteiger charge is -2.12. The van der Waals surface area contributed by atoms with Crippen LogP contribution in [0.2, 0.25) is 0 Å². The monoisotopic (exact) mass is 294 g/mol. The predicted molar refractivity (Wildman–Crippen MR) is 65.1 cm³/mol. The third-order valence-electron chi connectivity index (χ3n) is 2.21. The molecule has 19 heavy (non-hydrogen) atoms. The van der Waals surface area contributed by atoms with Crippen LogP contribution in [0.3, 0.4) is 0 Å². The molecule has 1 aromatic rings. The molecule has 1 aromatic heterocycles. The smallest absolute Gasteiger partial charge is 0.417 e. The van der Waals surface area contributed by atoms with E-state index < -0.39 is 23.8 Å². The molecule has 1 heterocycles. The van der Waals surface area contributed by atoms with Gasteiger partial charge in [0.1, 0.15) is 6.04 Å². The third-order valence-corrected chi connectivity index (χ3v) is 3.25. The molecule has 0 aliphatic carbocycles. The van der Waals surface area contributed by atoms with Gasteiger partial charge in [-0.25, -0.2) is 4.98 Å². The molecule has 0 aliphatic heterocycles. The van der Waals surface area contributed by atoms with Crippen molar-refractivity contribution in [1.82, 2.24) is 10.3 Å². The number of carbonyl (C=O) groups is 1. The Morgan fingerprint density at radius 1 is 1.53 bits per heavy atom. The average molecular weight is 294 g/mol. The van der Waals surface area contributed by atoms with Gasteiger partial charge >= 0.3 is 12.1 Å². The number of alkyl halides is 3. The number of carboxylic acids is 1. The van der Waals surface area contributed by atoms with Gasteiger partial charge in [-0.3, -0.25) is 4.79 Å². The van der Waals surface area contributed by atoms with E-state index in [4.69, 9.17) is 5.11 Å². The lowest BCUT2D eigenvalue weighted by molar-refractivity contribution is -0.139. The van der Waals surface area contributed by atoms with Crippen LogP contribution in [-0.2, 0) is 11.0 Å². The number of aliphatic carboxylic acids is 1. The van der Waals surface area contributed by atoms with Crippen LogP contribution in [0.5, 0.6) is 0 Å². The van der Waals surface area contributed by atoms with Gasteiger partial charge in [-0.05, 0) is 18.7 Å². The van der Waals surface area contributed by atoms with Gasteiger partial charge in [0.05, 0.1) is 10.6 Å². The Kier molecular flexibility index (Phi) is 5.61. The minimum atomic E-state index is -4.41. The van der Waals surface area contributed by atoms with E-state index in [1.54, 1.807) is 6.92 Å². The van der Waals surface area contributed by atoms with E-state index in [1.807, 2.05) is 0 Å². The number of hydrogen-bond donors (Lipinski definition) is 2. The Labute approximate surface area is 112 Å². The van der Waals surface area contributed by atoms with Crippen molar-refractivity contribution in [1.29, 1.82) is 0 Å². The Morgan fingerprint density at radius 3 is 2.63 bits per heavy atom. The normalized spacial score (nSPS) is 13.3. The first kappa shape index (κ1) is 15.8. The molecule has 0 saturated heterocycles. The first-order valence-corrected chi connectivity index (χ1v) is 6.45. The molecular formula is C11H13F3N2O2S. The fraction of sp³-hybridized carbons (Fsp3) is 0.455. The molecule has 0 aromatic carbocycles. The minimum Gasteiger partial charge on any atom is -0.480 e. The first-order chi connectivity index (χ1) is 8.84. The van der Waals surface area contributed by atoms with Crippen LogP contribution in [0.4, 0.5) is 13.2 Å². The Balaban J connectivity index is 2.61. The molecule has 0 fully saturated rings. The van der Waals surface area contributed by atoms with Crippen LogP contribution in [0.15, 0.2) is 23.4 Å². The van der Waals surface area contributed by atoms with Crippen LogP contribution in [0, 0.1) is 0 Å². The number of likely N-dealkylation sites (N-methyl/N-ethyl adjacent to an activating group) is 1. The standard InChI is InChI=1S/C11H13F3N2O2S/c1-2-15-8(10(17)18)6-19-9-4-3-7(5-16-9)11(12,13)14/h3-5,8,15H,2,6H2,1H3,(H,17,18). The minimum absolute atomic E-state index is 0.196. The highest BCUT2D eigenvalue weighted by Crippen LogP contribution is 2.29. The SMILES string of the molecule is CCNC(CSc1ccc(C(F)(F)F)cn1)C(=O)O. The molecule has 0 saturated carbocycles. The van der Waals surface area contributed by atoms with Gasteiger partial charge in [0.15, 0.2) is 0 Å². The quantitative estimate of drug-likeness (QED) is 0.788. The summed E-state index contributed by atoms with van der Waals surface area (Å²) >= 11 is 1.09. The number of rotatable bonds is 6. The van der Waals surface area contributed by atoms with Crippen molar-refractivity contribution < 1.29 is 23.1 Å². The number of nitrogens with one attached hydrogen (secondary N) is 1. The van der Waals surface area contributed by atoms with E-state index in [2.05, 4.69) is 10.3 Å². The van der Waals surface area contributed by atoms with Crippen molar-refractivity contribution in [3.05, 3.63) is 23.9 Å². The van der Waals surface area contributed by atoms with E-state index in [0.717, 1.165) is 24.0 Å². The molecule has 1 unspecified atom stereocenters. The fourth-order valence-corrected chi connectivity index (χ4v) is 2.16. The number of halogens is 3. The summed E-state index contributed by atoms with van der Waals surface area (Å²) in [6.07, 6.45) is -3.67. The van der Waals surface area contributed by atoms with Gasteiger partial charge in [0.2, 0.25) is 0 Å². The van der Waals surface area contributed by atoms with Gasteiger partial charge < -0.3 is 10.4 Å². The lowest BCUT2D eigenvalue weighted by Crippen LogP contribution is -2.38. The van der Waals surface area contributed by atoms with Crippen molar-refractivity contribution in [2.75, 3.05) is 12.3 Å². The van der Waals surface area contributed by atoms with Gasteiger partial charge in [0.25, 0.3) is 0 Å². The van der Waals surface area contributed by atoms with Gasteiger partial charge in [-0.2, -0.15) is 13.2 Å². The maximum Gasteiger partial charge on any atom is 0.417 e. The van der Waals surface area contributed by atoms with Crippen LogP contribution >= 0.6 is 11.8 Å². The predicted octanol–water partition coefficient (Wildman–Crippen LogP) is 2.26. The molecule has 1 rings (SSSR count). The summed E-state index contributed by atoms with van der Waals surface area (Å²) in [5.74, 6) is -0.803. The van der Waals surface area contributed by atoms with E-state index in [0.29, 0.717) is 11.6 Å². The summed E-state index contributed by atoms with van der Waals surface area (Å²) < 4.78 is 36.9. The van der Waals surface area contributed by atoms with Crippen molar-refractivity contribution in [2.24, 2.45) is 0 Å². The number of pyridine rings is 1. The molecule has 0 spiro atoms. The maximum absolute atomic E-state index is 12.3. The van der Waals surface area contributed by atoms with E-state index in [-0.39, 0.29) is 5.75 Å². The summed E-state index contributed by atoms with van der Waals surface area (Å²) in [5, 5.41) is 12.0. The van der Waals surface area contributed by atoms with Crippen molar-refractivity contribution in [3.8, 4) is 0 Å². The molecule has 8 heteroatoms. The number of nitrogens with zero attached hydrogens (tertiary/aromatic N) is 1. The Bertz CT molecular complexity index is 423. The van der Waals surface area contributed by atoms with Crippen LogP contribution in [0.25, 0.3) is 0 Å². The first-order valence-electron chi connectivity index (χ1n) is 5.46. The molecule has 0 aliphatic rings. The summed E-state index contributed by atoms with van der Waals surface area (Å²) in [4.78, 5) is 14.5. The fourth-order valence-electron chi connectivity index (χ4n) is 1.27. The zero-order valence-electron chi connectivity index (χ0n) is 10.1. The highest BCUT2D eigenvalue weighted by Gasteiger charge is 2.30. The molecule has 1 atom stereocenters. The number of thioether (sulfide) groups is 1. The molecular weight excluding hydrogens is 281 g/mol. The topological polar surface area (TPSA) is 62.2 Å². The third kappa shape index (κ3) is 5.07. The molecule has 0 radical (unpaired) electrons. The van der Waals surface area contributed by atoms with E-state index >= 15 is 0 Å². The highest BCUT2D eigenvalue weighted by molar-refractivity contribution is 7.99. The highest BCUT2D eigenvalue weighted by atomic mass is 32.2. The lowest BCUT2D eigenvalue weighted by atomic mass is 10.3. The van der Waals surface area contributed by atoms with Crippen LogP contribution in [-0.4, -0.2) is 34.4 Å². The molecule has 0 bridgehead atoms. The van der Waals surface area contributed by atoms with Crippen molar-refractivity contribution in [3.63, 3.8) is 0 Å². The molecule has 106 valence electrons. The van der Waals surface area contributed by atoms with E-state index in [9.17, 15) is 18.0 Å². The van der Waals surface area contributed by atoms with E-state index in [1.165, 1.54) is 6.07 Å². The number of carboxylic acid groups (broad SMARTS) is 1.